The first-order chi connectivity index (χ1) is 11.2. The molecule has 0 aliphatic carbocycles. The molecule has 4 heteroatoms. The van der Waals surface area contributed by atoms with Gasteiger partial charge in [-0.15, -0.1) is 0 Å². The first-order valence-corrected chi connectivity index (χ1v) is 7.63. The lowest BCUT2D eigenvalue weighted by Crippen LogP contribution is -2.23. The van der Waals surface area contributed by atoms with Crippen LogP contribution in [-0.4, -0.2) is 25.4 Å². The Morgan fingerprint density at radius 3 is 2.30 bits per heavy atom. The summed E-state index contributed by atoms with van der Waals surface area (Å²) in [6, 6.07) is 17.3. The van der Waals surface area contributed by atoms with Crippen LogP contribution in [0.2, 0.25) is 0 Å². The molecule has 1 aliphatic heterocycles. The zero-order valence-electron chi connectivity index (χ0n) is 13.2. The van der Waals surface area contributed by atoms with E-state index >= 15 is 0 Å². The molecule has 1 aliphatic rings. The normalized spacial score (nSPS) is 12.4. The van der Waals surface area contributed by atoms with E-state index in [1.165, 1.54) is 24.7 Å². The van der Waals surface area contributed by atoms with E-state index in [4.69, 9.17) is 0 Å². The van der Waals surface area contributed by atoms with Crippen molar-refractivity contribution >= 4 is 11.8 Å². The third-order valence-corrected chi connectivity index (χ3v) is 3.63. The van der Waals surface area contributed by atoms with Gasteiger partial charge in [0.05, 0.1) is 7.11 Å². The second-order valence-electron chi connectivity index (χ2n) is 5.24. The minimum Gasteiger partial charge on any atom is -0.469 e. The van der Waals surface area contributed by atoms with Gasteiger partial charge in [-0.25, -0.2) is 0 Å². The highest BCUT2D eigenvalue weighted by Gasteiger charge is 2.10. The van der Waals surface area contributed by atoms with Gasteiger partial charge in [0.25, 0.3) is 0 Å². The Balaban J connectivity index is 0.000000172. The third kappa shape index (κ3) is 5.34. The van der Waals surface area contributed by atoms with Crippen LogP contribution in [0.4, 0.5) is 0 Å². The monoisotopic (exact) mass is 311 g/mol. The van der Waals surface area contributed by atoms with Gasteiger partial charge in [0.1, 0.15) is 6.42 Å². The van der Waals surface area contributed by atoms with Gasteiger partial charge in [0.15, 0.2) is 5.78 Å². The quantitative estimate of drug-likeness (QED) is 0.538. The molecule has 4 nitrogen and oxygen atoms in total. The number of carbonyl (C=O) groups excluding carboxylic acids is 2. The van der Waals surface area contributed by atoms with Gasteiger partial charge in [0.2, 0.25) is 0 Å². The zero-order chi connectivity index (χ0) is 16.5. The van der Waals surface area contributed by atoms with Crippen molar-refractivity contribution in [1.82, 2.24) is 5.32 Å². The largest absolute Gasteiger partial charge is 0.469 e. The maximum absolute atomic E-state index is 11.3. The summed E-state index contributed by atoms with van der Waals surface area (Å²) in [4.78, 5) is 22.1. The molecule has 3 rings (SSSR count). The number of ketones is 1. The Labute approximate surface area is 136 Å². The van der Waals surface area contributed by atoms with E-state index in [0.29, 0.717) is 5.56 Å². The molecule has 0 saturated carbocycles. The first kappa shape index (κ1) is 16.9. The maximum atomic E-state index is 11.3. The number of esters is 1. The number of nitrogens with one attached hydrogen (secondary N) is 1. The predicted octanol–water partition coefficient (Wildman–Crippen LogP) is 2.76. The number of fused-ring (bicyclic) bond motifs is 1. The fourth-order valence-electron chi connectivity index (χ4n) is 2.35. The van der Waals surface area contributed by atoms with Gasteiger partial charge in [-0.05, 0) is 24.1 Å². The van der Waals surface area contributed by atoms with Gasteiger partial charge < -0.3 is 10.1 Å². The average molecular weight is 311 g/mol. The number of hydrogen-bond acceptors (Lipinski definition) is 4. The summed E-state index contributed by atoms with van der Waals surface area (Å²) in [7, 11) is 1.26. The molecule has 2 aromatic carbocycles. The van der Waals surface area contributed by atoms with Crippen LogP contribution in [0.5, 0.6) is 0 Å². The van der Waals surface area contributed by atoms with E-state index in [0.717, 1.165) is 13.1 Å². The first-order valence-electron chi connectivity index (χ1n) is 7.63. The molecule has 0 radical (unpaired) electrons. The maximum Gasteiger partial charge on any atom is 0.313 e. The fourth-order valence-corrected chi connectivity index (χ4v) is 2.35. The van der Waals surface area contributed by atoms with Crippen molar-refractivity contribution < 1.29 is 14.3 Å². The van der Waals surface area contributed by atoms with Crippen LogP contribution in [0.15, 0.2) is 54.6 Å². The fraction of sp³-hybridized carbons (Fsp3) is 0.263. The smallest absolute Gasteiger partial charge is 0.313 e. The molecule has 0 spiro atoms. The molecule has 0 atom stereocenters. The number of hydrogen-bond donors (Lipinski definition) is 1. The van der Waals surface area contributed by atoms with Gasteiger partial charge in [-0.3, -0.25) is 9.59 Å². The molecule has 0 fully saturated rings. The molecule has 0 unspecified atom stereocenters. The SMILES string of the molecule is COC(=O)CC(=O)c1ccccc1.c1ccc2c(c1)CCNC2. The molecule has 120 valence electrons. The van der Waals surface area contributed by atoms with Crippen LogP contribution in [-0.2, 0) is 22.5 Å². The Morgan fingerprint density at radius 2 is 1.65 bits per heavy atom. The van der Waals surface area contributed by atoms with Gasteiger partial charge in [0, 0.05) is 12.1 Å². The summed E-state index contributed by atoms with van der Waals surface area (Å²) in [6.45, 7) is 2.19. The van der Waals surface area contributed by atoms with Crippen LogP contribution in [0.25, 0.3) is 0 Å². The van der Waals surface area contributed by atoms with Crippen molar-refractivity contribution in [3.63, 3.8) is 0 Å². The molecule has 0 aromatic heterocycles. The molecule has 0 saturated heterocycles. The summed E-state index contributed by atoms with van der Waals surface area (Å²) >= 11 is 0. The topological polar surface area (TPSA) is 55.4 Å². The van der Waals surface area contributed by atoms with Crippen LogP contribution in [0.1, 0.15) is 27.9 Å². The van der Waals surface area contributed by atoms with Gasteiger partial charge in [-0.2, -0.15) is 0 Å². The Bertz CT molecular complexity index is 628. The van der Waals surface area contributed by atoms with Crippen molar-refractivity contribution in [1.29, 1.82) is 0 Å². The Kier molecular flexibility index (Phi) is 6.51. The number of benzene rings is 2. The van der Waals surface area contributed by atoms with E-state index in [9.17, 15) is 9.59 Å². The zero-order valence-corrected chi connectivity index (χ0v) is 13.2. The minimum atomic E-state index is -0.506. The summed E-state index contributed by atoms with van der Waals surface area (Å²) < 4.78 is 4.38. The number of carbonyl (C=O) groups is 2. The predicted molar refractivity (Wildman–Crippen MR) is 89.3 cm³/mol. The van der Waals surface area contributed by atoms with Crippen molar-refractivity contribution in [2.45, 2.75) is 19.4 Å². The van der Waals surface area contributed by atoms with Gasteiger partial charge >= 0.3 is 5.97 Å². The molecular weight excluding hydrogens is 290 g/mol. The van der Waals surface area contributed by atoms with Crippen LogP contribution in [0.3, 0.4) is 0 Å². The van der Waals surface area contributed by atoms with Crippen molar-refractivity contribution in [2.75, 3.05) is 13.7 Å². The van der Waals surface area contributed by atoms with E-state index < -0.39 is 5.97 Å². The number of ether oxygens (including phenoxy) is 1. The highest BCUT2D eigenvalue weighted by atomic mass is 16.5. The molecule has 1 N–H and O–H groups in total. The van der Waals surface area contributed by atoms with E-state index in [-0.39, 0.29) is 12.2 Å². The number of Topliss-reactive ketones (excluding diaryl/α,β-unsaturated/α-hetero) is 1. The van der Waals surface area contributed by atoms with E-state index in [1.807, 2.05) is 6.07 Å². The minimum absolute atomic E-state index is 0.194. The second kappa shape index (κ2) is 8.86. The molecule has 0 bridgehead atoms. The average Bonchev–Trinajstić information content (AvgIpc) is 2.63. The molecular formula is C19H21NO3. The summed E-state index contributed by atoms with van der Waals surface area (Å²) in [6.07, 6.45) is 0.997. The molecule has 23 heavy (non-hydrogen) atoms. The third-order valence-electron chi connectivity index (χ3n) is 3.63. The highest BCUT2D eigenvalue weighted by molar-refractivity contribution is 6.05. The van der Waals surface area contributed by atoms with Crippen LogP contribution in [0, 0.1) is 0 Å². The highest BCUT2D eigenvalue weighted by Crippen LogP contribution is 2.11. The number of methoxy groups -OCH3 is 1. The summed E-state index contributed by atoms with van der Waals surface area (Å²) in [5.74, 6) is -0.721. The van der Waals surface area contributed by atoms with Crippen LogP contribution >= 0.6 is 0 Å². The van der Waals surface area contributed by atoms with E-state index in [2.05, 4.69) is 34.3 Å². The lowest BCUT2D eigenvalue weighted by atomic mass is 10.0. The standard InChI is InChI=1S/C10H10O3.C9H11N/c1-13-10(12)7-9(11)8-5-3-2-4-6-8;1-2-4-9-7-10-6-5-8(9)3-1/h2-6H,7H2,1H3;1-4,10H,5-7H2. The Morgan fingerprint density at radius 1 is 1.00 bits per heavy atom. The second-order valence-corrected chi connectivity index (χ2v) is 5.24. The Hall–Kier alpha value is -2.46. The van der Waals surface area contributed by atoms with Crippen LogP contribution < -0.4 is 5.32 Å². The van der Waals surface area contributed by atoms with E-state index in [1.54, 1.807) is 24.3 Å². The number of rotatable bonds is 3. The van der Waals surface area contributed by atoms with Crippen molar-refractivity contribution in [2.24, 2.45) is 0 Å². The summed E-state index contributed by atoms with van der Waals surface area (Å²) in [5.41, 5.74) is 3.52. The summed E-state index contributed by atoms with van der Waals surface area (Å²) in [5, 5.41) is 3.34. The molecule has 0 amide bonds. The molecule has 2 aromatic rings. The van der Waals surface area contributed by atoms with Crippen molar-refractivity contribution in [3.8, 4) is 0 Å². The lowest BCUT2D eigenvalue weighted by molar-refractivity contribution is -0.139. The molecule has 1 heterocycles. The lowest BCUT2D eigenvalue weighted by Gasteiger charge is -2.15. The van der Waals surface area contributed by atoms with Crippen molar-refractivity contribution in [3.05, 3.63) is 71.3 Å². The van der Waals surface area contributed by atoms with Gasteiger partial charge in [-0.1, -0.05) is 54.6 Å².